The van der Waals surface area contributed by atoms with Crippen LogP contribution in [0.5, 0.6) is 0 Å². The number of aliphatic hydroxyl groups excluding tert-OH is 1. The van der Waals surface area contributed by atoms with E-state index in [4.69, 9.17) is 5.11 Å². The lowest BCUT2D eigenvalue weighted by Gasteiger charge is -2.09. The van der Waals surface area contributed by atoms with Gasteiger partial charge in [-0.25, -0.2) is 13.1 Å². The Morgan fingerprint density at radius 3 is 2.75 bits per heavy atom. The number of hydrogen-bond donors (Lipinski definition) is 2. The maximum Gasteiger partial charge on any atom is 0.241 e. The van der Waals surface area contributed by atoms with E-state index >= 15 is 0 Å². The second-order valence-corrected chi connectivity index (χ2v) is 6.53. The highest BCUT2D eigenvalue weighted by Crippen LogP contribution is 2.19. The first kappa shape index (κ1) is 13.6. The lowest BCUT2D eigenvalue weighted by atomic mass is 10.1. The average molecular weight is 263 g/mol. The van der Waals surface area contributed by atoms with E-state index in [-0.39, 0.29) is 11.5 Å². The van der Waals surface area contributed by atoms with E-state index in [0.29, 0.717) is 17.3 Å². The molecule has 1 atom stereocenters. The van der Waals surface area contributed by atoms with E-state index in [9.17, 15) is 8.42 Å². The molecule has 0 radical (unpaired) electrons. The quantitative estimate of drug-likeness (QED) is 0.818. The lowest BCUT2D eigenvalue weighted by Crippen LogP contribution is -2.27. The molecule has 0 aliphatic rings. The SMILES string of the molecule is CCC(C)CNS(=O)(=O)c1csc(CO)c1. The number of sulfonamides is 1. The van der Waals surface area contributed by atoms with Gasteiger partial charge in [-0.15, -0.1) is 11.3 Å². The van der Waals surface area contributed by atoms with Gasteiger partial charge >= 0.3 is 0 Å². The van der Waals surface area contributed by atoms with Crippen molar-refractivity contribution in [2.45, 2.75) is 31.8 Å². The van der Waals surface area contributed by atoms with Gasteiger partial charge in [-0.05, 0) is 12.0 Å². The number of aliphatic hydroxyl groups is 1. The van der Waals surface area contributed by atoms with Crippen LogP contribution in [-0.4, -0.2) is 20.1 Å². The van der Waals surface area contributed by atoms with Crippen LogP contribution in [0.2, 0.25) is 0 Å². The Morgan fingerprint density at radius 2 is 2.25 bits per heavy atom. The van der Waals surface area contributed by atoms with E-state index in [0.717, 1.165) is 6.42 Å². The molecule has 6 heteroatoms. The highest BCUT2D eigenvalue weighted by atomic mass is 32.2. The van der Waals surface area contributed by atoms with Gasteiger partial charge in [-0.1, -0.05) is 20.3 Å². The highest BCUT2D eigenvalue weighted by molar-refractivity contribution is 7.89. The first-order valence-electron chi connectivity index (χ1n) is 5.17. The molecule has 0 aliphatic heterocycles. The molecular weight excluding hydrogens is 246 g/mol. The second kappa shape index (κ2) is 5.77. The summed E-state index contributed by atoms with van der Waals surface area (Å²) < 4.78 is 26.2. The van der Waals surface area contributed by atoms with E-state index in [1.165, 1.54) is 17.4 Å². The molecule has 1 heterocycles. The van der Waals surface area contributed by atoms with E-state index < -0.39 is 10.0 Å². The summed E-state index contributed by atoms with van der Waals surface area (Å²) in [5.41, 5.74) is 0. The summed E-state index contributed by atoms with van der Waals surface area (Å²) >= 11 is 1.25. The molecule has 92 valence electrons. The van der Waals surface area contributed by atoms with Gasteiger partial charge in [-0.3, -0.25) is 0 Å². The van der Waals surface area contributed by atoms with Crippen molar-refractivity contribution in [3.8, 4) is 0 Å². The summed E-state index contributed by atoms with van der Waals surface area (Å²) in [6, 6.07) is 1.50. The summed E-state index contributed by atoms with van der Waals surface area (Å²) in [7, 11) is -3.41. The third-order valence-electron chi connectivity index (χ3n) is 2.41. The van der Waals surface area contributed by atoms with Crippen LogP contribution in [-0.2, 0) is 16.6 Å². The number of thiophene rings is 1. The van der Waals surface area contributed by atoms with E-state index in [1.807, 2.05) is 13.8 Å². The van der Waals surface area contributed by atoms with Gasteiger partial charge in [0.2, 0.25) is 10.0 Å². The Bertz CT molecular complexity index is 425. The maximum absolute atomic E-state index is 11.8. The Balaban J connectivity index is 2.70. The zero-order chi connectivity index (χ0) is 12.2. The summed E-state index contributed by atoms with van der Waals surface area (Å²) in [6.45, 7) is 4.34. The molecule has 0 fully saturated rings. The van der Waals surface area contributed by atoms with Crippen LogP contribution in [0.1, 0.15) is 25.1 Å². The van der Waals surface area contributed by atoms with Crippen molar-refractivity contribution in [3.63, 3.8) is 0 Å². The van der Waals surface area contributed by atoms with Crippen LogP contribution in [0.4, 0.5) is 0 Å². The first-order valence-corrected chi connectivity index (χ1v) is 7.53. The zero-order valence-electron chi connectivity index (χ0n) is 9.43. The largest absolute Gasteiger partial charge is 0.391 e. The van der Waals surface area contributed by atoms with Crippen molar-refractivity contribution in [3.05, 3.63) is 16.3 Å². The Hall–Kier alpha value is -0.430. The molecule has 0 aromatic carbocycles. The van der Waals surface area contributed by atoms with Gasteiger partial charge in [0.15, 0.2) is 0 Å². The Morgan fingerprint density at radius 1 is 1.56 bits per heavy atom. The van der Waals surface area contributed by atoms with Crippen LogP contribution in [0, 0.1) is 5.92 Å². The average Bonchev–Trinajstić information content (AvgIpc) is 2.75. The molecule has 0 saturated heterocycles. The lowest BCUT2D eigenvalue weighted by molar-refractivity contribution is 0.285. The molecular formula is C10H17NO3S2. The minimum Gasteiger partial charge on any atom is -0.391 e. The summed E-state index contributed by atoms with van der Waals surface area (Å²) in [5, 5.41) is 10.4. The van der Waals surface area contributed by atoms with Gasteiger partial charge < -0.3 is 5.11 Å². The standard InChI is InChI=1S/C10H17NO3S2/c1-3-8(2)5-11-16(13,14)10-4-9(6-12)15-7-10/h4,7-8,11-12H,3,5-6H2,1-2H3. The topological polar surface area (TPSA) is 66.4 Å². The van der Waals surface area contributed by atoms with Crippen molar-refractivity contribution in [1.29, 1.82) is 0 Å². The molecule has 0 bridgehead atoms. The predicted molar refractivity (Wildman–Crippen MR) is 64.9 cm³/mol. The number of rotatable bonds is 6. The van der Waals surface area contributed by atoms with Gasteiger partial charge in [-0.2, -0.15) is 0 Å². The Labute approximate surface area is 100 Å². The fourth-order valence-corrected chi connectivity index (χ4v) is 3.36. The molecule has 4 nitrogen and oxygen atoms in total. The van der Waals surface area contributed by atoms with Crippen LogP contribution in [0.15, 0.2) is 16.3 Å². The van der Waals surface area contributed by atoms with Gasteiger partial charge in [0.25, 0.3) is 0 Å². The molecule has 0 aliphatic carbocycles. The molecule has 1 unspecified atom stereocenters. The van der Waals surface area contributed by atoms with Crippen LogP contribution < -0.4 is 4.72 Å². The van der Waals surface area contributed by atoms with Gasteiger partial charge in [0.05, 0.1) is 11.5 Å². The zero-order valence-corrected chi connectivity index (χ0v) is 11.1. The normalized spacial score (nSPS) is 13.9. The molecule has 0 amide bonds. The summed E-state index contributed by atoms with van der Waals surface area (Å²) in [4.78, 5) is 0.897. The van der Waals surface area contributed by atoms with Crippen LogP contribution in [0.3, 0.4) is 0 Å². The van der Waals surface area contributed by atoms with E-state index in [2.05, 4.69) is 4.72 Å². The van der Waals surface area contributed by atoms with Gasteiger partial charge in [0, 0.05) is 16.8 Å². The Kier molecular flexibility index (Phi) is 4.91. The molecule has 0 spiro atoms. The van der Waals surface area contributed by atoms with Crippen molar-refractivity contribution >= 4 is 21.4 Å². The summed E-state index contributed by atoms with van der Waals surface area (Å²) in [5.74, 6) is 0.325. The maximum atomic E-state index is 11.8. The predicted octanol–water partition coefficient (Wildman–Crippen LogP) is 1.56. The third-order valence-corrected chi connectivity index (χ3v) is 4.89. The monoisotopic (exact) mass is 263 g/mol. The first-order chi connectivity index (χ1) is 7.49. The summed E-state index contributed by atoms with van der Waals surface area (Å²) in [6.07, 6.45) is 0.939. The van der Waals surface area contributed by atoms with E-state index in [1.54, 1.807) is 5.38 Å². The number of nitrogens with one attached hydrogen (secondary N) is 1. The third kappa shape index (κ3) is 3.55. The fraction of sp³-hybridized carbons (Fsp3) is 0.600. The molecule has 16 heavy (non-hydrogen) atoms. The van der Waals surface area contributed by atoms with Crippen molar-refractivity contribution in [1.82, 2.24) is 4.72 Å². The van der Waals surface area contributed by atoms with Gasteiger partial charge in [0.1, 0.15) is 0 Å². The smallest absolute Gasteiger partial charge is 0.241 e. The fourth-order valence-electron chi connectivity index (χ4n) is 1.06. The minimum absolute atomic E-state index is 0.119. The molecule has 1 aromatic rings. The molecule has 0 saturated carbocycles. The van der Waals surface area contributed by atoms with Crippen molar-refractivity contribution in [2.24, 2.45) is 5.92 Å². The molecule has 1 aromatic heterocycles. The molecule has 1 rings (SSSR count). The minimum atomic E-state index is -3.41. The number of hydrogen-bond acceptors (Lipinski definition) is 4. The van der Waals surface area contributed by atoms with Crippen molar-refractivity contribution < 1.29 is 13.5 Å². The second-order valence-electron chi connectivity index (χ2n) is 3.77. The van der Waals surface area contributed by atoms with Crippen LogP contribution in [0.25, 0.3) is 0 Å². The highest BCUT2D eigenvalue weighted by Gasteiger charge is 2.16. The molecule has 2 N–H and O–H groups in total. The van der Waals surface area contributed by atoms with Crippen molar-refractivity contribution in [2.75, 3.05) is 6.54 Å². The van der Waals surface area contributed by atoms with Crippen LogP contribution >= 0.6 is 11.3 Å².